The molecule has 1 aromatic carbocycles. The number of carbonyl (C=O) groups is 2. The molecule has 4 rings (SSSR count). The number of allylic oxidation sites excluding steroid dienone is 2. The lowest BCUT2D eigenvalue weighted by atomic mass is 9.85. The van der Waals surface area contributed by atoms with Gasteiger partial charge in [-0.1, -0.05) is 12.2 Å². The Morgan fingerprint density at radius 3 is 2.44 bits per heavy atom. The fraction of sp³-hybridized carbons (Fsp3) is 0.389. The van der Waals surface area contributed by atoms with Gasteiger partial charge in [-0.25, -0.2) is 0 Å². The van der Waals surface area contributed by atoms with Crippen LogP contribution >= 0.6 is 0 Å². The SMILES string of the molecule is CCOc1cc(/C=N\N2C(=O)[C@@H]3[C@@H](C2=O)[C@H]2C=C[C@@H]3C2)cc([N+](=O)[O-])c1[O-]. The highest BCUT2D eigenvalue weighted by molar-refractivity contribution is 6.06. The van der Waals surface area contributed by atoms with Gasteiger partial charge in [-0.3, -0.25) is 19.7 Å². The lowest BCUT2D eigenvalue weighted by Gasteiger charge is -2.15. The van der Waals surface area contributed by atoms with E-state index < -0.39 is 16.4 Å². The topological polar surface area (TPSA) is 125 Å². The first-order chi connectivity index (χ1) is 12.9. The van der Waals surface area contributed by atoms with Crippen LogP contribution in [0.1, 0.15) is 18.9 Å². The van der Waals surface area contributed by atoms with Crippen molar-refractivity contribution in [2.24, 2.45) is 28.8 Å². The fourth-order valence-corrected chi connectivity index (χ4v) is 4.21. The molecule has 140 valence electrons. The van der Waals surface area contributed by atoms with Gasteiger partial charge in [-0.05, 0) is 31.2 Å². The lowest BCUT2D eigenvalue weighted by molar-refractivity contribution is -0.398. The molecule has 0 N–H and O–H groups in total. The van der Waals surface area contributed by atoms with Crippen LogP contribution in [0.15, 0.2) is 29.4 Å². The number of hydrazone groups is 1. The standard InChI is InChI=1S/C18H17N3O6/c1-2-27-13-6-9(5-12(16(13)22)21(25)26)8-19-20-17(23)14-10-3-4-11(7-10)15(14)18(20)24/h3-6,8,10-11,14-15,22H,2,7H2,1H3/p-1/b19-8-/t10-,11+,14-,15-/m0/s1. The van der Waals surface area contributed by atoms with E-state index in [1.165, 1.54) is 12.3 Å². The zero-order valence-electron chi connectivity index (χ0n) is 14.4. The molecule has 1 heterocycles. The molecule has 1 saturated heterocycles. The van der Waals surface area contributed by atoms with Crippen LogP contribution in [0.25, 0.3) is 0 Å². The summed E-state index contributed by atoms with van der Waals surface area (Å²) in [4.78, 5) is 35.4. The monoisotopic (exact) mass is 370 g/mol. The van der Waals surface area contributed by atoms with Crippen LogP contribution in [-0.4, -0.2) is 34.6 Å². The van der Waals surface area contributed by atoms with Crippen LogP contribution < -0.4 is 9.84 Å². The molecule has 9 nitrogen and oxygen atoms in total. The molecule has 1 saturated carbocycles. The minimum absolute atomic E-state index is 0.0713. The molecule has 0 radical (unpaired) electrons. The zero-order valence-corrected chi connectivity index (χ0v) is 14.4. The maximum absolute atomic E-state index is 12.6. The second kappa shape index (κ2) is 6.19. The molecule has 2 bridgehead atoms. The van der Waals surface area contributed by atoms with Crippen molar-refractivity contribution >= 4 is 23.7 Å². The Bertz CT molecular complexity index is 879. The number of benzene rings is 1. The highest BCUT2D eigenvalue weighted by Gasteiger charge is 2.59. The molecule has 4 atom stereocenters. The van der Waals surface area contributed by atoms with Crippen molar-refractivity contribution in [1.29, 1.82) is 0 Å². The number of nitrogens with zero attached hydrogens (tertiary/aromatic N) is 3. The molecular formula is C18H16N3O6-. The van der Waals surface area contributed by atoms with E-state index in [1.54, 1.807) is 6.92 Å². The molecule has 0 spiro atoms. The van der Waals surface area contributed by atoms with Crippen molar-refractivity contribution in [3.8, 4) is 11.5 Å². The average Bonchev–Trinajstić information content (AvgIpc) is 3.30. The molecule has 2 amide bonds. The smallest absolute Gasteiger partial charge is 0.266 e. The zero-order chi connectivity index (χ0) is 19.3. The van der Waals surface area contributed by atoms with Gasteiger partial charge in [-0.15, -0.1) is 0 Å². The van der Waals surface area contributed by atoms with E-state index >= 15 is 0 Å². The number of carbonyl (C=O) groups excluding carboxylic acids is 2. The molecule has 0 aromatic heterocycles. The normalized spacial score (nSPS) is 28.4. The van der Waals surface area contributed by atoms with Gasteiger partial charge in [0.05, 0.1) is 29.6 Å². The summed E-state index contributed by atoms with van der Waals surface area (Å²) in [5.74, 6) is -2.31. The molecule has 1 aromatic rings. The number of fused-ring (bicyclic) bond motifs is 5. The Hall–Kier alpha value is -3.23. The van der Waals surface area contributed by atoms with Crippen molar-refractivity contribution in [2.75, 3.05) is 6.61 Å². The molecular weight excluding hydrogens is 354 g/mol. The number of imide groups is 1. The molecule has 27 heavy (non-hydrogen) atoms. The third-order valence-electron chi connectivity index (χ3n) is 5.32. The van der Waals surface area contributed by atoms with Crippen molar-refractivity contribution in [1.82, 2.24) is 5.01 Å². The highest BCUT2D eigenvalue weighted by atomic mass is 16.6. The summed E-state index contributed by atoms with van der Waals surface area (Å²) in [6.45, 7) is 1.81. The molecule has 9 heteroatoms. The van der Waals surface area contributed by atoms with Gasteiger partial charge >= 0.3 is 0 Å². The van der Waals surface area contributed by atoms with Gasteiger partial charge in [0.25, 0.3) is 17.5 Å². The van der Waals surface area contributed by atoms with Crippen molar-refractivity contribution in [3.63, 3.8) is 0 Å². The number of amides is 2. The van der Waals surface area contributed by atoms with Gasteiger partial charge in [0, 0.05) is 17.4 Å². The molecule has 1 aliphatic heterocycles. The maximum Gasteiger partial charge on any atom is 0.266 e. The van der Waals surface area contributed by atoms with E-state index in [0.717, 1.165) is 17.5 Å². The largest absolute Gasteiger partial charge is 0.865 e. The first kappa shape index (κ1) is 17.2. The van der Waals surface area contributed by atoms with Gasteiger partial charge in [0.2, 0.25) is 0 Å². The molecule has 3 aliphatic rings. The fourth-order valence-electron chi connectivity index (χ4n) is 4.21. The average molecular weight is 370 g/mol. The predicted octanol–water partition coefficient (Wildman–Crippen LogP) is 1.21. The van der Waals surface area contributed by atoms with Crippen LogP contribution in [-0.2, 0) is 9.59 Å². The van der Waals surface area contributed by atoms with E-state index in [-0.39, 0.29) is 53.4 Å². The maximum atomic E-state index is 12.6. The van der Waals surface area contributed by atoms with E-state index in [1.807, 2.05) is 12.2 Å². The Morgan fingerprint density at radius 2 is 1.89 bits per heavy atom. The van der Waals surface area contributed by atoms with Crippen LogP contribution in [0.2, 0.25) is 0 Å². The molecule has 2 fully saturated rings. The van der Waals surface area contributed by atoms with Crippen LogP contribution in [0.3, 0.4) is 0 Å². The number of nitro groups is 1. The highest BCUT2D eigenvalue weighted by Crippen LogP contribution is 2.52. The Labute approximate surface area is 154 Å². The summed E-state index contributed by atoms with van der Waals surface area (Å²) in [7, 11) is 0. The van der Waals surface area contributed by atoms with Crippen LogP contribution in [0.5, 0.6) is 11.5 Å². The first-order valence-corrected chi connectivity index (χ1v) is 8.64. The Kier molecular flexibility index (Phi) is 3.94. The van der Waals surface area contributed by atoms with Gasteiger partial charge in [-0.2, -0.15) is 10.1 Å². The summed E-state index contributed by atoms with van der Waals surface area (Å²) in [5.41, 5.74) is -0.455. The van der Waals surface area contributed by atoms with Crippen LogP contribution in [0, 0.1) is 33.8 Å². The Balaban J connectivity index is 1.63. The minimum Gasteiger partial charge on any atom is -0.865 e. The second-order valence-corrected chi connectivity index (χ2v) is 6.79. The van der Waals surface area contributed by atoms with Crippen molar-refractivity contribution in [3.05, 3.63) is 40.0 Å². The summed E-state index contributed by atoms with van der Waals surface area (Å²) in [6.07, 6.45) is 5.95. The second-order valence-electron chi connectivity index (χ2n) is 6.79. The summed E-state index contributed by atoms with van der Waals surface area (Å²) >= 11 is 0. The van der Waals surface area contributed by atoms with Gasteiger partial charge in [0.15, 0.2) is 0 Å². The first-order valence-electron chi connectivity index (χ1n) is 8.64. The van der Waals surface area contributed by atoms with Crippen molar-refractivity contribution in [2.45, 2.75) is 13.3 Å². The third-order valence-corrected chi connectivity index (χ3v) is 5.32. The quantitative estimate of drug-likeness (QED) is 0.252. The van der Waals surface area contributed by atoms with Gasteiger partial charge < -0.3 is 9.84 Å². The van der Waals surface area contributed by atoms with Gasteiger partial charge in [0.1, 0.15) is 5.75 Å². The van der Waals surface area contributed by atoms with E-state index in [2.05, 4.69) is 5.10 Å². The number of hydrogen-bond donors (Lipinski definition) is 0. The lowest BCUT2D eigenvalue weighted by Crippen LogP contribution is -2.28. The summed E-state index contributed by atoms with van der Waals surface area (Å²) in [6, 6.07) is 2.35. The molecule has 0 unspecified atom stereocenters. The Morgan fingerprint density at radius 1 is 1.26 bits per heavy atom. The number of rotatable bonds is 5. The minimum atomic E-state index is -0.829. The van der Waals surface area contributed by atoms with Crippen molar-refractivity contribution < 1.29 is 24.4 Å². The van der Waals surface area contributed by atoms with E-state index in [4.69, 9.17) is 4.74 Å². The van der Waals surface area contributed by atoms with E-state index in [9.17, 15) is 24.8 Å². The number of ether oxygens (including phenoxy) is 1. The summed E-state index contributed by atoms with van der Waals surface area (Å²) < 4.78 is 5.14. The number of hydrogen-bond acceptors (Lipinski definition) is 7. The third kappa shape index (κ3) is 2.57. The predicted molar refractivity (Wildman–Crippen MR) is 90.9 cm³/mol. The summed E-state index contributed by atoms with van der Waals surface area (Å²) in [5, 5.41) is 27.9. The van der Waals surface area contributed by atoms with Crippen LogP contribution in [0.4, 0.5) is 5.69 Å². The number of nitro benzene ring substituents is 1. The van der Waals surface area contributed by atoms with E-state index in [0.29, 0.717) is 0 Å². The molecule has 2 aliphatic carbocycles.